The van der Waals surface area contributed by atoms with Gasteiger partial charge in [-0.3, -0.25) is 4.98 Å². The van der Waals surface area contributed by atoms with Crippen LogP contribution in [0.4, 0.5) is 0 Å². The van der Waals surface area contributed by atoms with Crippen LogP contribution in [0.1, 0.15) is 98.5 Å². The number of aryl methyl sites for hydroxylation is 3. The van der Waals surface area contributed by atoms with E-state index < -0.39 is 0 Å². The summed E-state index contributed by atoms with van der Waals surface area (Å²) in [6.07, 6.45) is 11.1. The Labute approximate surface area is 183 Å². The van der Waals surface area contributed by atoms with Crippen molar-refractivity contribution in [3.63, 3.8) is 0 Å². The van der Waals surface area contributed by atoms with E-state index in [1.165, 1.54) is 61.9 Å². The van der Waals surface area contributed by atoms with E-state index in [0.29, 0.717) is 13.3 Å². The molecule has 0 N–H and O–H groups in total. The molecule has 0 aliphatic carbocycles. The van der Waals surface area contributed by atoms with Crippen LogP contribution in [0.2, 0.25) is 0 Å². The minimum absolute atomic E-state index is 0. The number of aromatic nitrogens is 1. The van der Waals surface area contributed by atoms with Gasteiger partial charge in [-0.2, -0.15) is 0 Å². The number of hydrogen-bond donors (Lipinski definition) is 0. The summed E-state index contributed by atoms with van der Waals surface area (Å²) in [6, 6.07) is 4.67. The molecule has 0 bridgehead atoms. The Hall–Kier alpha value is 1.34. The molecule has 0 amide bonds. The van der Waals surface area contributed by atoms with Gasteiger partial charge < -0.3 is 0 Å². The zero-order chi connectivity index (χ0) is 15.9. The minimum atomic E-state index is 0. The zero-order valence-corrected chi connectivity index (χ0v) is 20.1. The van der Waals surface area contributed by atoms with Crippen LogP contribution in [0.3, 0.4) is 0 Å². The van der Waals surface area contributed by atoms with Crippen LogP contribution in [0.25, 0.3) is 0 Å². The van der Waals surface area contributed by atoms with E-state index in [-0.39, 0.29) is 22.3 Å². The van der Waals surface area contributed by atoms with Crippen LogP contribution in [-0.2, 0) is 19.3 Å². The zero-order valence-electron chi connectivity index (χ0n) is 13.6. The summed E-state index contributed by atoms with van der Waals surface area (Å²) in [4.78, 5) is 4.82. The van der Waals surface area contributed by atoms with E-state index in [9.17, 15) is 0 Å². The molecule has 0 unspecified atom stereocenters. The fourth-order valence-corrected chi connectivity index (χ4v) is 2.22. The van der Waals surface area contributed by atoms with E-state index in [1.807, 2.05) is 0 Å². The maximum absolute atomic E-state index is 4.82. The second kappa shape index (κ2) is 24.3. The summed E-state index contributed by atoms with van der Waals surface area (Å²) in [7, 11) is 0. The standard InChI is InChI=1S/C17H29N.3CH4.I3/c1-4-7-10-15-13-16(11-8-5-2)18-17(14-15)12-9-6-3;;;;1-3-2/h13-14H,4-12H2,1-3H3;3*1H4;/q;;;;-1. The molecule has 0 saturated carbocycles. The third-order valence-electron chi connectivity index (χ3n) is 3.38. The number of rotatable bonds is 9. The van der Waals surface area contributed by atoms with Crippen molar-refractivity contribution in [2.75, 3.05) is 0 Å². The molecule has 24 heavy (non-hydrogen) atoms. The fourth-order valence-electron chi connectivity index (χ4n) is 2.22. The van der Waals surface area contributed by atoms with Crippen molar-refractivity contribution in [2.24, 2.45) is 0 Å². The Kier molecular flexibility index (Phi) is 33.4. The Morgan fingerprint density at radius 3 is 1.42 bits per heavy atom. The van der Waals surface area contributed by atoms with E-state index in [0.717, 1.165) is 12.8 Å². The topological polar surface area (TPSA) is 12.9 Å². The first-order valence-corrected chi connectivity index (χ1v) is 20.6. The van der Waals surface area contributed by atoms with Gasteiger partial charge in [0.1, 0.15) is 0 Å². The quantitative estimate of drug-likeness (QED) is 0.302. The Balaban J connectivity index is -0.000000310. The van der Waals surface area contributed by atoms with Gasteiger partial charge in [0.2, 0.25) is 0 Å². The molecule has 1 heterocycles. The van der Waals surface area contributed by atoms with Crippen molar-refractivity contribution < 1.29 is 13.3 Å². The summed E-state index contributed by atoms with van der Waals surface area (Å²) in [5.41, 5.74) is 4.14. The van der Waals surface area contributed by atoms with Crippen LogP contribution in [-0.4, -0.2) is 4.98 Å². The fraction of sp³-hybridized carbons (Fsp3) is 0.750. The number of nitrogens with zero attached hydrogens (tertiary/aromatic N) is 1. The first-order chi connectivity index (χ1) is 10.2. The summed E-state index contributed by atoms with van der Waals surface area (Å²) in [5, 5.41) is 0. The molecule has 148 valence electrons. The van der Waals surface area contributed by atoms with Crippen LogP contribution >= 0.6 is 37.2 Å². The van der Waals surface area contributed by atoms with Crippen LogP contribution in [0.15, 0.2) is 12.1 Å². The average molecular weight is 676 g/mol. The molecule has 4 heteroatoms. The van der Waals surface area contributed by atoms with Gasteiger partial charge in [-0.1, -0.05) is 62.3 Å². The molecular formula is C20H41I3N-. The van der Waals surface area contributed by atoms with Crippen molar-refractivity contribution in [3.05, 3.63) is 29.1 Å². The van der Waals surface area contributed by atoms with Gasteiger partial charge in [-0.25, -0.2) is 0 Å². The summed E-state index contributed by atoms with van der Waals surface area (Å²) >= 11 is 5.30. The molecule has 0 saturated heterocycles. The van der Waals surface area contributed by atoms with Gasteiger partial charge in [0.25, 0.3) is 0 Å². The number of unbranched alkanes of at least 4 members (excludes halogenated alkanes) is 3. The molecule has 0 spiro atoms. The summed E-state index contributed by atoms with van der Waals surface area (Å²) in [5.74, 6) is 0. The molecule has 1 aromatic heterocycles. The second-order valence-electron chi connectivity index (χ2n) is 5.32. The predicted octanol–water partition coefficient (Wildman–Crippen LogP) is 5.79. The van der Waals surface area contributed by atoms with E-state index in [2.05, 4.69) is 70.1 Å². The first-order valence-electron chi connectivity index (χ1n) is 8.07. The molecule has 1 rings (SSSR count). The molecule has 1 aromatic rings. The third-order valence-corrected chi connectivity index (χ3v) is 3.38. The van der Waals surface area contributed by atoms with Gasteiger partial charge in [0.15, 0.2) is 0 Å². The molecule has 0 fully saturated rings. The van der Waals surface area contributed by atoms with Gasteiger partial charge in [0.05, 0.1) is 0 Å². The van der Waals surface area contributed by atoms with Crippen molar-refractivity contribution in [3.8, 4) is 0 Å². The van der Waals surface area contributed by atoms with E-state index >= 15 is 0 Å². The summed E-state index contributed by atoms with van der Waals surface area (Å²) < 4.78 is 0. The number of hydrogen-bond acceptors (Lipinski definition) is 1. The maximum atomic E-state index is 4.82. The second-order valence-corrected chi connectivity index (χ2v) is 21.6. The monoisotopic (exact) mass is 676 g/mol. The first kappa shape index (κ1) is 33.0. The van der Waals surface area contributed by atoms with Crippen LogP contribution < -0.4 is 13.3 Å². The van der Waals surface area contributed by atoms with E-state index in [4.69, 9.17) is 4.98 Å². The van der Waals surface area contributed by atoms with Gasteiger partial charge in [0, 0.05) is 11.4 Å². The normalized spacial score (nSPS) is 9.04. The van der Waals surface area contributed by atoms with Crippen LogP contribution in [0, 0.1) is 0 Å². The molecular weight excluding hydrogens is 635 g/mol. The molecule has 0 radical (unpaired) electrons. The molecule has 1 nitrogen and oxygen atoms in total. The van der Waals surface area contributed by atoms with E-state index in [1.54, 1.807) is 0 Å². The Bertz CT molecular complexity index is 292. The Morgan fingerprint density at radius 1 is 0.750 bits per heavy atom. The Morgan fingerprint density at radius 2 is 1.08 bits per heavy atom. The van der Waals surface area contributed by atoms with Gasteiger partial charge in [-0.05, 0) is 56.2 Å². The van der Waals surface area contributed by atoms with Crippen molar-refractivity contribution in [2.45, 2.75) is 101 Å². The number of pyridine rings is 1. The van der Waals surface area contributed by atoms with Crippen LogP contribution in [0.5, 0.6) is 0 Å². The van der Waals surface area contributed by atoms with Crippen molar-refractivity contribution in [1.29, 1.82) is 0 Å². The molecule has 0 aromatic carbocycles. The predicted molar refractivity (Wildman–Crippen MR) is 128 cm³/mol. The third kappa shape index (κ3) is 18.1. The average Bonchev–Trinajstić information content (AvgIpc) is 2.49. The molecule has 0 aliphatic heterocycles. The molecule has 0 aliphatic rings. The van der Waals surface area contributed by atoms with Crippen molar-refractivity contribution in [1.82, 2.24) is 4.98 Å². The number of halogens is 3. The SMILES string of the molecule is C.C.C.CCCCc1cc(CCCC)nc(CCCC)c1.I[I-]I. The molecule has 0 atom stereocenters. The summed E-state index contributed by atoms with van der Waals surface area (Å²) in [6.45, 7) is 6.76. The van der Waals surface area contributed by atoms with Crippen molar-refractivity contribution >= 4 is 37.2 Å². The van der Waals surface area contributed by atoms with Gasteiger partial charge >= 0.3 is 50.5 Å². The van der Waals surface area contributed by atoms with Gasteiger partial charge in [-0.15, -0.1) is 0 Å².